The van der Waals surface area contributed by atoms with Crippen molar-refractivity contribution < 1.29 is 32.9 Å². The Morgan fingerprint density at radius 1 is 0.341 bits per heavy atom. The lowest BCUT2D eigenvalue weighted by Crippen LogP contribution is -2.46. The Bertz CT molecular complexity index is 1390. The van der Waals surface area contributed by atoms with E-state index in [2.05, 4.69) is 19.2 Å². The van der Waals surface area contributed by atoms with E-state index in [9.17, 15) is 19.4 Å². The molecule has 0 spiro atoms. The molecule has 0 aromatic carbocycles. The fourth-order valence-electron chi connectivity index (χ4n) is 13.1. The molecule has 0 aromatic rings. The van der Waals surface area contributed by atoms with E-state index >= 15 is 0 Å². The van der Waals surface area contributed by atoms with Crippen molar-refractivity contribution in [2.24, 2.45) is 0 Å². The summed E-state index contributed by atoms with van der Waals surface area (Å²) in [5, 5.41) is 14.2. The van der Waals surface area contributed by atoms with Crippen LogP contribution in [0.1, 0.15) is 450 Å². The number of aliphatic hydroxyl groups is 1. The first-order chi connectivity index (χ1) is 43.0. The van der Waals surface area contributed by atoms with Crippen molar-refractivity contribution in [2.75, 3.05) is 40.9 Å². The van der Waals surface area contributed by atoms with Crippen molar-refractivity contribution in [1.82, 2.24) is 5.32 Å². The van der Waals surface area contributed by atoms with E-state index in [-0.39, 0.29) is 19.1 Å². The maximum Gasteiger partial charge on any atom is 0.472 e. The van der Waals surface area contributed by atoms with Gasteiger partial charge in [0.1, 0.15) is 13.2 Å². The van der Waals surface area contributed by atoms with Crippen LogP contribution in [-0.4, -0.2) is 73.4 Å². The molecule has 88 heavy (non-hydrogen) atoms. The molecule has 3 N–H and O–H groups in total. The smallest absolute Gasteiger partial charge is 0.391 e. The molecular weight excluding hydrogens is 1100 g/mol. The highest BCUT2D eigenvalue weighted by Gasteiger charge is 2.28. The monoisotopic (exact) mass is 1270 g/mol. The highest BCUT2D eigenvalue weighted by Crippen LogP contribution is 2.43. The summed E-state index contributed by atoms with van der Waals surface area (Å²) in [7, 11) is 1.65. The minimum atomic E-state index is -4.33. The van der Waals surface area contributed by atoms with Crippen molar-refractivity contribution in [2.45, 2.75) is 463 Å². The number of phosphoric acid groups is 1. The van der Waals surface area contributed by atoms with Crippen LogP contribution in [0.15, 0.2) is 0 Å². The van der Waals surface area contributed by atoms with E-state index in [1.807, 2.05) is 21.1 Å². The van der Waals surface area contributed by atoms with Gasteiger partial charge in [-0.2, -0.15) is 0 Å². The van der Waals surface area contributed by atoms with Gasteiger partial charge in [0.25, 0.3) is 0 Å². The van der Waals surface area contributed by atoms with Gasteiger partial charge in [0.15, 0.2) is 0 Å². The number of nitrogens with one attached hydrogen (secondary N) is 1. The molecule has 0 bridgehead atoms. The first-order valence-corrected chi connectivity index (χ1v) is 41.9. The van der Waals surface area contributed by atoms with E-state index in [1.165, 1.54) is 385 Å². The molecule has 0 rings (SSSR count). The second-order valence-corrected chi connectivity index (χ2v) is 31.0. The summed E-state index contributed by atoms with van der Waals surface area (Å²) in [5.41, 5.74) is 0. The number of hydrogen-bond acceptors (Lipinski definition) is 5. The summed E-state index contributed by atoms with van der Waals surface area (Å²) in [5.74, 6) is -0.132. The average molecular weight is 1270 g/mol. The van der Waals surface area contributed by atoms with Gasteiger partial charge in [-0.25, -0.2) is 4.57 Å². The molecule has 0 aliphatic carbocycles. The number of amides is 1. The average Bonchev–Trinajstić information content (AvgIpc) is 3.71. The molecule has 528 valence electrons. The summed E-state index contributed by atoms with van der Waals surface area (Å²) < 4.78 is 24.0. The summed E-state index contributed by atoms with van der Waals surface area (Å²) >= 11 is 0. The van der Waals surface area contributed by atoms with Crippen LogP contribution < -0.4 is 5.32 Å². The van der Waals surface area contributed by atoms with Crippen LogP contribution in [0, 0.1) is 0 Å². The molecule has 0 heterocycles. The molecular formula is C79H162N2O6P+. The Morgan fingerprint density at radius 2 is 0.545 bits per heavy atom. The van der Waals surface area contributed by atoms with E-state index in [0.29, 0.717) is 23.9 Å². The first-order valence-electron chi connectivity index (χ1n) is 40.4. The van der Waals surface area contributed by atoms with Gasteiger partial charge >= 0.3 is 7.82 Å². The summed E-state index contributed by atoms with van der Waals surface area (Å²) in [4.78, 5) is 23.5. The molecule has 0 saturated carbocycles. The lowest BCUT2D eigenvalue weighted by atomic mass is 10.0. The maximum atomic E-state index is 13.1. The summed E-state index contributed by atoms with van der Waals surface area (Å²) in [6, 6.07) is -0.758. The Morgan fingerprint density at radius 3 is 0.761 bits per heavy atom. The van der Waals surface area contributed by atoms with Crippen LogP contribution >= 0.6 is 7.82 Å². The number of quaternary nitrogens is 1. The molecule has 1 amide bonds. The summed E-state index contributed by atoms with van der Waals surface area (Å²) in [6.07, 6.45) is 91.3. The van der Waals surface area contributed by atoms with E-state index < -0.39 is 20.0 Å². The molecule has 0 fully saturated rings. The number of hydrogen-bond donors (Lipinski definition) is 3. The van der Waals surface area contributed by atoms with E-state index in [1.54, 1.807) is 0 Å². The van der Waals surface area contributed by atoms with Crippen LogP contribution in [-0.2, 0) is 18.4 Å². The second-order valence-electron chi connectivity index (χ2n) is 29.5. The largest absolute Gasteiger partial charge is 0.472 e. The molecule has 0 saturated heterocycles. The molecule has 0 radical (unpaired) electrons. The number of rotatable bonds is 77. The Hall–Kier alpha value is -0.500. The predicted molar refractivity (Wildman–Crippen MR) is 388 cm³/mol. The number of nitrogens with zero attached hydrogens (tertiary/aromatic N) is 1. The molecule has 3 unspecified atom stereocenters. The number of aliphatic hydroxyl groups excluding tert-OH is 1. The zero-order valence-corrected chi connectivity index (χ0v) is 61.7. The van der Waals surface area contributed by atoms with Crippen molar-refractivity contribution in [3.63, 3.8) is 0 Å². The maximum absolute atomic E-state index is 13.1. The van der Waals surface area contributed by atoms with Crippen molar-refractivity contribution >= 4 is 13.7 Å². The van der Waals surface area contributed by atoms with Crippen LogP contribution in [0.5, 0.6) is 0 Å². The quantitative estimate of drug-likeness (QED) is 0.0318. The third-order valence-electron chi connectivity index (χ3n) is 19.4. The third kappa shape index (κ3) is 72.9. The Kier molecular flexibility index (Phi) is 70.4. The van der Waals surface area contributed by atoms with Gasteiger partial charge in [-0.05, 0) is 12.8 Å². The summed E-state index contributed by atoms with van der Waals surface area (Å²) in [6.45, 7) is 4.98. The zero-order valence-electron chi connectivity index (χ0n) is 60.8. The number of carbonyl (C=O) groups excluding carboxylic acids is 1. The predicted octanol–water partition coefficient (Wildman–Crippen LogP) is 26.2. The Labute approximate surface area is 552 Å². The normalized spacial score (nSPS) is 13.4. The van der Waals surface area contributed by atoms with Crippen LogP contribution in [0.2, 0.25) is 0 Å². The fourth-order valence-corrected chi connectivity index (χ4v) is 13.9. The molecule has 0 aliphatic rings. The van der Waals surface area contributed by atoms with E-state index in [4.69, 9.17) is 9.05 Å². The van der Waals surface area contributed by atoms with Crippen LogP contribution in [0.25, 0.3) is 0 Å². The van der Waals surface area contributed by atoms with Crippen LogP contribution in [0.4, 0.5) is 0 Å². The topological polar surface area (TPSA) is 105 Å². The van der Waals surface area contributed by atoms with Crippen LogP contribution in [0.3, 0.4) is 0 Å². The fraction of sp³-hybridized carbons (Fsp3) is 0.987. The number of unbranched alkanes of at least 4 members (excludes halogenated alkanes) is 64. The number of likely N-dealkylation sites (N-methyl/N-ethyl adjacent to an activating group) is 1. The highest BCUT2D eigenvalue weighted by molar-refractivity contribution is 7.47. The minimum Gasteiger partial charge on any atom is -0.391 e. The van der Waals surface area contributed by atoms with Gasteiger partial charge < -0.3 is 19.8 Å². The van der Waals surface area contributed by atoms with E-state index in [0.717, 1.165) is 38.5 Å². The zero-order chi connectivity index (χ0) is 64.1. The van der Waals surface area contributed by atoms with Gasteiger partial charge in [0.05, 0.1) is 39.9 Å². The van der Waals surface area contributed by atoms with Gasteiger partial charge in [0, 0.05) is 6.42 Å². The number of phosphoric ester groups is 1. The molecule has 0 aliphatic heterocycles. The van der Waals surface area contributed by atoms with Crippen molar-refractivity contribution in [3.05, 3.63) is 0 Å². The Balaban J connectivity index is 3.84. The SMILES string of the molecule is CCCCCCCCCCCCCCCCCCCCCCCCCCCCCCCCCCCCCCCCCCCC(=O)NC(COP(=O)(O)OCC[N+](C)(C)C)C(O)CCCCCCCCCCCCCCCCCCCCCCCCCCC. The van der Waals surface area contributed by atoms with Gasteiger partial charge in [-0.1, -0.05) is 431 Å². The van der Waals surface area contributed by atoms with Gasteiger partial charge in [-0.3, -0.25) is 13.8 Å². The second kappa shape index (κ2) is 70.8. The lowest BCUT2D eigenvalue weighted by Gasteiger charge is -2.26. The first kappa shape index (κ1) is 87.5. The third-order valence-corrected chi connectivity index (χ3v) is 20.3. The molecule has 3 atom stereocenters. The highest BCUT2D eigenvalue weighted by atomic mass is 31.2. The van der Waals surface area contributed by atoms with Crippen molar-refractivity contribution in [3.8, 4) is 0 Å². The lowest BCUT2D eigenvalue weighted by molar-refractivity contribution is -0.870. The van der Waals surface area contributed by atoms with Gasteiger partial charge in [-0.15, -0.1) is 0 Å². The molecule has 8 nitrogen and oxygen atoms in total. The standard InChI is InChI=1S/C79H161N2O6P/c1-6-8-10-12-14-16-18-20-22-24-26-28-30-32-33-34-35-36-37-38-39-40-41-42-43-44-45-46-47-49-51-53-55-57-59-61-63-65-67-69-71-73-79(83)80-77(76-87-88(84,85)86-75-74-81(3,4)5)78(82)72-70-68-66-64-62-60-58-56-54-52-50-48-31-29-27-25-23-21-19-17-15-13-11-9-7-2/h77-78,82H,6-76H2,1-5H3,(H-,80,83,84,85)/p+1. The van der Waals surface area contributed by atoms with Crippen molar-refractivity contribution in [1.29, 1.82) is 0 Å². The molecule has 9 heteroatoms. The number of carbonyl (C=O) groups is 1. The van der Waals surface area contributed by atoms with Gasteiger partial charge in [0.2, 0.25) is 5.91 Å². The molecule has 0 aromatic heterocycles. The minimum absolute atomic E-state index is 0.0796.